The Bertz CT molecular complexity index is 1120. The van der Waals surface area contributed by atoms with Crippen LogP contribution in [0.25, 0.3) is 0 Å². The van der Waals surface area contributed by atoms with Crippen LogP contribution in [-0.2, 0) is 14.2 Å². The van der Waals surface area contributed by atoms with Crippen LogP contribution >= 0.6 is 0 Å². The number of piperidine rings is 1. The van der Waals surface area contributed by atoms with Crippen molar-refractivity contribution in [3.05, 3.63) is 52.8 Å². The molecule has 0 spiro atoms. The van der Waals surface area contributed by atoms with Gasteiger partial charge in [-0.15, -0.1) is 0 Å². The fraction of sp³-hybridized carbons (Fsp3) is 0.645. The topological polar surface area (TPSA) is 96.2 Å². The van der Waals surface area contributed by atoms with Gasteiger partial charge in [0.1, 0.15) is 36.0 Å². The Kier molecular flexibility index (Phi) is 8.65. The van der Waals surface area contributed by atoms with Gasteiger partial charge in [-0.3, -0.25) is 4.90 Å². The van der Waals surface area contributed by atoms with E-state index in [4.69, 9.17) is 18.9 Å². The van der Waals surface area contributed by atoms with Crippen LogP contribution in [0.3, 0.4) is 0 Å². The van der Waals surface area contributed by atoms with Crippen molar-refractivity contribution < 1.29 is 24.1 Å². The molecular formula is C31H43N3O5. The van der Waals surface area contributed by atoms with Gasteiger partial charge in [0.25, 0.3) is 0 Å². The molecule has 0 bridgehead atoms. The third-order valence-corrected chi connectivity index (χ3v) is 8.91. The number of aliphatic hydroxyl groups excluding tert-OH is 1. The summed E-state index contributed by atoms with van der Waals surface area (Å²) in [6.07, 6.45) is 6.06. The molecule has 0 amide bonds. The highest BCUT2D eigenvalue weighted by Crippen LogP contribution is 2.42. The van der Waals surface area contributed by atoms with Crippen LogP contribution in [0.15, 0.2) is 41.7 Å². The molecule has 4 aliphatic rings. The zero-order valence-corrected chi connectivity index (χ0v) is 23.8. The molecule has 0 aromatic heterocycles. The summed E-state index contributed by atoms with van der Waals surface area (Å²) < 4.78 is 24.6. The monoisotopic (exact) mass is 537 g/mol. The molecule has 6 unspecified atom stereocenters. The van der Waals surface area contributed by atoms with Crippen molar-refractivity contribution in [2.75, 3.05) is 41.0 Å². The van der Waals surface area contributed by atoms with Gasteiger partial charge in [0, 0.05) is 30.8 Å². The second kappa shape index (κ2) is 12.0. The molecule has 5 rings (SSSR count). The lowest BCUT2D eigenvalue weighted by atomic mass is 9.83. The number of nitriles is 1. The molecule has 3 aliphatic heterocycles. The number of allylic oxidation sites excluding steroid dienone is 1. The first-order valence-corrected chi connectivity index (χ1v) is 14.3. The van der Waals surface area contributed by atoms with Crippen molar-refractivity contribution in [2.24, 2.45) is 17.8 Å². The first-order chi connectivity index (χ1) is 18.8. The Balaban J connectivity index is 1.32. The first-order valence-electron chi connectivity index (χ1n) is 14.3. The van der Waals surface area contributed by atoms with E-state index < -0.39 is 6.23 Å². The van der Waals surface area contributed by atoms with E-state index in [1.54, 1.807) is 7.11 Å². The molecule has 39 heavy (non-hydrogen) atoms. The summed E-state index contributed by atoms with van der Waals surface area (Å²) in [5, 5.41) is 24.2. The Labute approximate surface area is 232 Å². The summed E-state index contributed by atoms with van der Waals surface area (Å²) in [6.45, 7) is 6.52. The van der Waals surface area contributed by atoms with Gasteiger partial charge >= 0.3 is 0 Å². The van der Waals surface area contributed by atoms with Crippen LogP contribution in [0.2, 0.25) is 0 Å². The summed E-state index contributed by atoms with van der Waals surface area (Å²) in [6, 6.07) is 8.55. The number of ether oxygens (including phenoxy) is 4. The largest absolute Gasteiger partial charge is 0.492 e. The highest BCUT2D eigenvalue weighted by atomic mass is 16.5. The standard InChI is InChI=1S/C31H43N3O5/c1-18-16-37-17-19(2)29(18)38-26-9-7-20(12-22(26)15-32)23-10-11-33-25-14-28(39-30(23)25)24-8-6-21(13-27(24)36-5)31(35)34(3)4/h6-7,9,12,14,18-19,23-25,27,29-31,33,35H,8,10-11,13,16-17H2,1-5H3/t18-,19-,23?,24?,25?,27?,30?,31?/m1/s1. The molecule has 3 heterocycles. The number of methoxy groups -OCH3 is 1. The minimum absolute atomic E-state index is 0.0301. The second-order valence-electron chi connectivity index (χ2n) is 11.9. The van der Waals surface area contributed by atoms with Crippen LogP contribution in [-0.4, -0.2) is 81.6 Å². The van der Waals surface area contributed by atoms with Gasteiger partial charge < -0.3 is 29.4 Å². The van der Waals surface area contributed by atoms with E-state index in [-0.39, 0.29) is 48.0 Å². The fourth-order valence-corrected chi connectivity index (χ4v) is 6.70. The lowest BCUT2D eigenvalue weighted by Gasteiger charge is -2.37. The molecule has 212 valence electrons. The fourth-order valence-electron chi connectivity index (χ4n) is 6.70. The van der Waals surface area contributed by atoms with Gasteiger partial charge in [-0.2, -0.15) is 5.26 Å². The Hall–Kier alpha value is -2.41. The van der Waals surface area contributed by atoms with E-state index >= 15 is 0 Å². The van der Waals surface area contributed by atoms with Crippen LogP contribution in [0, 0.1) is 29.1 Å². The van der Waals surface area contributed by atoms with Crippen molar-refractivity contribution >= 4 is 0 Å². The number of benzene rings is 1. The van der Waals surface area contributed by atoms with Crippen LogP contribution < -0.4 is 10.1 Å². The SMILES string of the molecule is COC1CC(C(O)N(C)C)=CCC1C1=CC2NCCC(c3ccc(OC4[C@H](C)COC[C@H]4C)c(C#N)c3)C2O1. The minimum atomic E-state index is -0.602. The number of likely N-dealkylation sites (N-methyl/N-ethyl adjacent to an activating group) is 1. The highest BCUT2D eigenvalue weighted by Gasteiger charge is 2.43. The van der Waals surface area contributed by atoms with Gasteiger partial charge in [-0.05, 0) is 69.2 Å². The molecule has 1 aromatic rings. The number of nitrogens with one attached hydrogen (secondary N) is 1. The van der Waals surface area contributed by atoms with E-state index in [9.17, 15) is 10.4 Å². The molecule has 2 fully saturated rings. The van der Waals surface area contributed by atoms with Gasteiger partial charge in [0.05, 0.1) is 30.9 Å². The molecule has 2 N–H and O–H groups in total. The van der Waals surface area contributed by atoms with E-state index in [0.29, 0.717) is 30.9 Å². The summed E-state index contributed by atoms with van der Waals surface area (Å²) in [5.74, 6) is 2.43. The molecule has 0 radical (unpaired) electrons. The maximum atomic E-state index is 10.5. The number of hydrogen-bond donors (Lipinski definition) is 2. The van der Waals surface area contributed by atoms with E-state index in [2.05, 4.69) is 43.5 Å². The zero-order chi connectivity index (χ0) is 27.7. The third-order valence-electron chi connectivity index (χ3n) is 8.91. The maximum absolute atomic E-state index is 10.5. The number of nitrogens with zero attached hydrogens (tertiary/aromatic N) is 2. The van der Waals surface area contributed by atoms with Crippen molar-refractivity contribution in [3.63, 3.8) is 0 Å². The van der Waals surface area contributed by atoms with Gasteiger partial charge in [-0.25, -0.2) is 0 Å². The summed E-state index contributed by atoms with van der Waals surface area (Å²) in [7, 11) is 5.49. The summed E-state index contributed by atoms with van der Waals surface area (Å²) >= 11 is 0. The molecule has 8 atom stereocenters. The molecule has 8 nitrogen and oxygen atoms in total. The first kappa shape index (κ1) is 28.1. The Morgan fingerprint density at radius 3 is 2.64 bits per heavy atom. The van der Waals surface area contributed by atoms with Crippen molar-refractivity contribution in [1.29, 1.82) is 5.26 Å². The lowest BCUT2D eigenvalue weighted by Crippen LogP contribution is -2.46. The van der Waals surface area contributed by atoms with E-state index in [0.717, 1.165) is 36.3 Å². The number of fused-ring (bicyclic) bond motifs is 1. The van der Waals surface area contributed by atoms with E-state index in [1.165, 1.54) is 0 Å². The second-order valence-corrected chi connectivity index (χ2v) is 11.9. The summed E-state index contributed by atoms with van der Waals surface area (Å²) in [5.41, 5.74) is 2.68. The summed E-state index contributed by atoms with van der Waals surface area (Å²) in [4.78, 5) is 1.81. The number of hydrogen-bond acceptors (Lipinski definition) is 8. The maximum Gasteiger partial charge on any atom is 0.137 e. The number of aliphatic hydroxyl groups is 1. The van der Waals surface area contributed by atoms with Crippen LogP contribution in [0.4, 0.5) is 0 Å². The average molecular weight is 538 g/mol. The smallest absolute Gasteiger partial charge is 0.137 e. The average Bonchev–Trinajstić information content (AvgIpc) is 3.38. The Morgan fingerprint density at radius 1 is 1.18 bits per heavy atom. The molecule has 0 saturated carbocycles. The molecule has 1 aromatic carbocycles. The van der Waals surface area contributed by atoms with Crippen LogP contribution in [0.5, 0.6) is 5.75 Å². The zero-order valence-electron chi connectivity index (χ0n) is 23.8. The van der Waals surface area contributed by atoms with Gasteiger partial charge in [-0.1, -0.05) is 26.0 Å². The minimum Gasteiger partial charge on any atom is -0.492 e. The lowest BCUT2D eigenvalue weighted by molar-refractivity contribution is -0.0551. The van der Waals surface area contributed by atoms with Crippen LogP contribution in [0.1, 0.15) is 50.2 Å². The van der Waals surface area contributed by atoms with E-state index in [1.807, 2.05) is 31.1 Å². The van der Waals surface area contributed by atoms with Gasteiger partial charge in [0.15, 0.2) is 0 Å². The quantitative estimate of drug-likeness (QED) is 0.403. The molecule has 1 aliphatic carbocycles. The Morgan fingerprint density at radius 2 is 1.95 bits per heavy atom. The number of rotatable bonds is 7. The van der Waals surface area contributed by atoms with Crippen molar-refractivity contribution in [2.45, 2.75) is 69.6 Å². The predicted octanol–water partition coefficient (Wildman–Crippen LogP) is 3.57. The van der Waals surface area contributed by atoms with Gasteiger partial charge in [0.2, 0.25) is 0 Å². The normalized spacial score (nSPS) is 33.9. The van der Waals surface area contributed by atoms with Crippen molar-refractivity contribution in [3.8, 4) is 11.8 Å². The molecular weight excluding hydrogens is 494 g/mol. The predicted molar refractivity (Wildman–Crippen MR) is 148 cm³/mol. The van der Waals surface area contributed by atoms with Crippen molar-refractivity contribution in [1.82, 2.24) is 10.2 Å². The highest BCUT2D eigenvalue weighted by molar-refractivity contribution is 5.47. The molecule has 2 saturated heterocycles. The third kappa shape index (κ3) is 5.75. The molecule has 8 heteroatoms.